The van der Waals surface area contributed by atoms with Crippen LogP contribution in [-0.2, 0) is 46.4 Å². The number of nitrogens with one attached hydrogen (secondary N) is 2. The van der Waals surface area contributed by atoms with Crippen LogP contribution in [0.1, 0.15) is 91.0 Å². The summed E-state index contributed by atoms with van der Waals surface area (Å²) in [5.74, 6) is -2.44. The van der Waals surface area contributed by atoms with Gasteiger partial charge in [0.1, 0.15) is 18.1 Å². The molecule has 7 rings (SSSR count). The van der Waals surface area contributed by atoms with Gasteiger partial charge in [-0.2, -0.15) is 0 Å². The van der Waals surface area contributed by atoms with Gasteiger partial charge >= 0.3 is 5.97 Å². The molecule has 15 nitrogen and oxygen atoms in total. The Morgan fingerprint density at radius 3 is 2.63 bits per heavy atom. The van der Waals surface area contributed by atoms with Crippen molar-refractivity contribution in [3.8, 4) is 11.3 Å². The number of aromatic nitrogens is 2. The lowest BCUT2D eigenvalue weighted by atomic mass is 9.84. The maximum absolute atomic E-state index is 14.7. The van der Waals surface area contributed by atoms with Gasteiger partial charge in [-0.05, 0) is 100 Å². The summed E-state index contributed by atoms with van der Waals surface area (Å²) >= 11 is 0. The summed E-state index contributed by atoms with van der Waals surface area (Å²) in [6, 6.07) is 8.06. The van der Waals surface area contributed by atoms with Gasteiger partial charge in [0.2, 0.25) is 17.7 Å². The molecular weight excluding hydrogens is 825 g/mol. The van der Waals surface area contributed by atoms with Gasteiger partial charge in [0, 0.05) is 87.2 Å². The van der Waals surface area contributed by atoms with Gasteiger partial charge in [0.25, 0.3) is 5.91 Å². The Labute approximate surface area is 383 Å². The number of carbonyl (C=O) groups is 5. The Balaban J connectivity index is 1.25. The summed E-state index contributed by atoms with van der Waals surface area (Å²) in [6.45, 7) is 18.9. The van der Waals surface area contributed by atoms with E-state index in [1.54, 1.807) is 25.3 Å². The quantitative estimate of drug-likeness (QED) is 0.150. The van der Waals surface area contributed by atoms with E-state index in [-0.39, 0.29) is 49.3 Å². The Morgan fingerprint density at radius 2 is 1.91 bits per heavy atom. The summed E-state index contributed by atoms with van der Waals surface area (Å²) in [5.41, 5.74) is 9.88. The number of amides is 4. The molecule has 350 valence electrons. The number of hydrogen-bond acceptors (Lipinski definition) is 10. The monoisotopic (exact) mass is 893 g/mol. The van der Waals surface area contributed by atoms with Crippen molar-refractivity contribution < 1.29 is 33.4 Å². The van der Waals surface area contributed by atoms with Crippen molar-refractivity contribution in [2.24, 2.45) is 17.3 Å². The molecule has 6 bridgehead atoms. The molecule has 15 heteroatoms. The number of ether oxygens (including phenoxy) is 2. The fourth-order valence-corrected chi connectivity index (χ4v) is 10.2. The minimum absolute atomic E-state index is 0.148. The minimum Gasteiger partial charge on any atom is -0.464 e. The van der Waals surface area contributed by atoms with Gasteiger partial charge in [0.05, 0.1) is 30.0 Å². The van der Waals surface area contributed by atoms with E-state index in [1.165, 1.54) is 16.0 Å². The number of anilines is 1. The first-order valence-corrected chi connectivity index (χ1v) is 23.3. The number of hydrazine groups is 1. The smallest absolute Gasteiger partial charge is 0.324 e. The molecule has 5 atom stereocenters. The molecule has 2 N–H and O–H groups in total. The highest BCUT2D eigenvalue weighted by Gasteiger charge is 2.40. The number of fused-ring (bicyclic) bond motifs is 6. The number of methoxy groups -OCH3 is 1. The Bertz CT molecular complexity index is 2340. The van der Waals surface area contributed by atoms with Crippen molar-refractivity contribution in [1.82, 2.24) is 35.1 Å². The second-order valence-electron chi connectivity index (χ2n) is 19.3. The van der Waals surface area contributed by atoms with Crippen molar-refractivity contribution in [3.63, 3.8) is 0 Å². The topological polar surface area (TPSA) is 159 Å². The summed E-state index contributed by atoms with van der Waals surface area (Å²) in [6.07, 6.45) is 8.09. The van der Waals surface area contributed by atoms with Crippen LogP contribution in [-0.4, -0.2) is 126 Å². The van der Waals surface area contributed by atoms with Crippen LogP contribution in [0.4, 0.5) is 5.69 Å². The molecule has 1 aromatic carbocycles. The van der Waals surface area contributed by atoms with Gasteiger partial charge < -0.3 is 34.1 Å². The van der Waals surface area contributed by atoms with E-state index < -0.39 is 41.3 Å². The minimum atomic E-state index is -0.996. The van der Waals surface area contributed by atoms with Crippen LogP contribution in [0.2, 0.25) is 0 Å². The first-order valence-electron chi connectivity index (χ1n) is 23.3. The number of carbonyl (C=O) groups excluding carboxylic acids is 5. The van der Waals surface area contributed by atoms with E-state index >= 15 is 0 Å². The second-order valence-corrected chi connectivity index (χ2v) is 19.3. The maximum atomic E-state index is 14.7. The number of likely N-dealkylation sites (N-methyl/N-ethyl adjacent to an activating group) is 1. The summed E-state index contributed by atoms with van der Waals surface area (Å²) < 4.78 is 14.3. The van der Waals surface area contributed by atoms with Crippen LogP contribution < -0.4 is 15.6 Å². The number of aryl methyl sites for hydroxylation is 1. The van der Waals surface area contributed by atoms with Crippen molar-refractivity contribution in [2.45, 2.75) is 111 Å². The number of rotatable bonds is 10. The standard InChI is InChI=1S/C50H68N8O7/c1-10-42(59)56-24-20-34(29-56)47(61)54(8)44(31(3)4)46(60)52-40-25-33-15-13-22-55(28-33)35-18-19-41-37(26-35)38(45(57(41)11-2)36-16-12-21-51-43(36)32(5)64-9)27-50(6,7)30-65-49(63)39-17-14-23-58(53-39)48(40)62/h10,12,15-16,18-19,21,26,31-32,34,39-40,44,53H,1,11,13-14,17,20,22-25,27-30H2,2-9H3,(H,52,60)/t32-,34-,39-,40-,44?/m0/s1. The van der Waals surface area contributed by atoms with E-state index in [9.17, 15) is 24.0 Å². The largest absolute Gasteiger partial charge is 0.464 e. The van der Waals surface area contributed by atoms with Crippen LogP contribution in [0, 0.1) is 17.3 Å². The van der Waals surface area contributed by atoms with E-state index in [2.05, 4.69) is 77.9 Å². The van der Waals surface area contributed by atoms with E-state index in [0.717, 1.165) is 64.2 Å². The summed E-state index contributed by atoms with van der Waals surface area (Å²) in [4.78, 5) is 79.6. The van der Waals surface area contributed by atoms with Crippen LogP contribution in [0.25, 0.3) is 22.2 Å². The van der Waals surface area contributed by atoms with Gasteiger partial charge in [-0.3, -0.25) is 34.0 Å². The first-order chi connectivity index (χ1) is 31.0. The van der Waals surface area contributed by atoms with Crippen molar-refractivity contribution >= 4 is 46.2 Å². The van der Waals surface area contributed by atoms with E-state index in [1.807, 2.05) is 26.8 Å². The molecule has 2 saturated heterocycles. The lowest BCUT2D eigenvalue weighted by Gasteiger charge is -2.38. The molecule has 3 aromatic rings. The Hall–Kier alpha value is -5.54. The predicted molar refractivity (Wildman–Crippen MR) is 250 cm³/mol. The number of nitrogens with zero attached hydrogens (tertiary/aromatic N) is 6. The maximum Gasteiger partial charge on any atom is 0.324 e. The van der Waals surface area contributed by atoms with Crippen molar-refractivity contribution in [1.29, 1.82) is 0 Å². The van der Waals surface area contributed by atoms with E-state index in [0.29, 0.717) is 45.3 Å². The van der Waals surface area contributed by atoms with Crippen LogP contribution in [0.5, 0.6) is 0 Å². The highest BCUT2D eigenvalue weighted by Crippen LogP contribution is 2.42. The molecule has 4 amide bonds. The van der Waals surface area contributed by atoms with Gasteiger partial charge in [-0.1, -0.05) is 45.9 Å². The molecule has 2 fully saturated rings. The summed E-state index contributed by atoms with van der Waals surface area (Å²) in [5, 5.41) is 5.67. The zero-order valence-electron chi connectivity index (χ0n) is 39.5. The van der Waals surface area contributed by atoms with E-state index in [4.69, 9.17) is 14.5 Å². The zero-order valence-corrected chi connectivity index (χ0v) is 39.5. The normalized spacial score (nSPS) is 22.5. The van der Waals surface area contributed by atoms with Crippen LogP contribution in [0.3, 0.4) is 0 Å². The molecule has 4 aliphatic rings. The lowest BCUT2D eigenvalue weighted by molar-refractivity contribution is -0.155. The van der Waals surface area contributed by atoms with Crippen LogP contribution in [0.15, 0.2) is 60.8 Å². The molecule has 0 radical (unpaired) electrons. The van der Waals surface area contributed by atoms with Crippen molar-refractivity contribution in [3.05, 3.63) is 72.1 Å². The number of benzene rings is 1. The molecule has 2 aromatic heterocycles. The first kappa shape index (κ1) is 47.4. The lowest BCUT2D eigenvalue weighted by Crippen LogP contribution is -2.62. The third kappa shape index (κ3) is 10.0. The number of cyclic esters (lactones) is 1. The third-order valence-corrected chi connectivity index (χ3v) is 13.7. The molecule has 6 heterocycles. The molecule has 65 heavy (non-hydrogen) atoms. The highest BCUT2D eigenvalue weighted by atomic mass is 16.5. The fourth-order valence-electron chi connectivity index (χ4n) is 10.2. The molecule has 0 aliphatic carbocycles. The molecule has 0 saturated carbocycles. The molecule has 0 spiro atoms. The number of pyridine rings is 1. The average molecular weight is 893 g/mol. The van der Waals surface area contributed by atoms with Crippen molar-refractivity contribution in [2.75, 3.05) is 58.4 Å². The molecular formula is C50H68N8O7. The third-order valence-electron chi connectivity index (χ3n) is 13.7. The second kappa shape index (κ2) is 19.9. The zero-order chi connectivity index (χ0) is 46.7. The highest BCUT2D eigenvalue weighted by molar-refractivity contribution is 5.96. The molecule has 4 aliphatic heterocycles. The number of hydrogen-bond donors (Lipinski definition) is 2. The average Bonchev–Trinajstić information content (AvgIpc) is 3.92. The SMILES string of the molecule is C=CC(=O)N1CC[C@H](C(=O)N(C)C(C(=O)N[C@H]2CC3=CCCN(C3)c3ccc4c(c3)c(c(-c3cccnc3[C@H](C)OC)n4CC)CC(C)(C)COC(=O)[C@@H]3CCCN(N3)C2=O)C(C)C)C1. The molecule has 1 unspecified atom stereocenters. The number of esters is 1. The Morgan fingerprint density at radius 1 is 1.12 bits per heavy atom. The summed E-state index contributed by atoms with van der Waals surface area (Å²) in [7, 11) is 3.32. The van der Waals surface area contributed by atoms with Crippen LogP contribution >= 0.6 is 0 Å². The van der Waals surface area contributed by atoms with Gasteiger partial charge in [0.15, 0.2) is 0 Å². The van der Waals surface area contributed by atoms with Gasteiger partial charge in [-0.25, -0.2) is 5.43 Å². The predicted octanol–water partition coefficient (Wildman–Crippen LogP) is 5.58. The Kier molecular flexibility index (Phi) is 14.5. The number of likely N-dealkylation sites (tertiary alicyclic amines) is 1. The fraction of sp³-hybridized carbons (Fsp3) is 0.560. The van der Waals surface area contributed by atoms with Gasteiger partial charge in [-0.15, -0.1) is 0 Å².